The molecule has 0 unspecified atom stereocenters. The molecule has 2 aliphatic heterocycles. The topological polar surface area (TPSA) is 158 Å². The largest absolute Gasteiger partial charge is 0.435 e. The van der Waals surface area contributed by atoms with Gasteiger partial charge in [0.2, 0.25) is 0 Å². The zero-order valence-electron chi connectivity index (χ0n) is 16.5. The van der Waals surface area contributed by atoms with Gasteiger partial charge in [-0.3, -0.25) is 0 Å². The van der Waals surface area contributed by atoms with Gasteiger partial charge in [0.25, 0.3) is 0 Å². The van der Waals surface area contributed by atoms with E-state index in [9.17, 15) is 28.8 Å². The molecule has 0 spiro atoms. The Bertz CT molecular complexity index is 1120. The van der Waals surface area contributed by atoms with E-state index in [0.717, 1.165) is 0 Å². The molecular formula is C21H12O12. The molecule has 2 heterocycles. The van der Waals surface area contributed by atoms with E-state index in [-0.39, 0.29) is 33.4 Å². The summed E-state index contributed by atoms with van der Waals surface area (Å²) in [5.41, 5.74) is 0.0745. The number of esters is 6. The lowest BCUT2D eigenvalue weighted by atomic mass is 10.1. The second-order valence-electron chi connectivity index (χ2n) is 6.50. The SMILES string of the molecule is O=C(OCOCOCOC(=O)c1ccc2c(c1)C(=O)OC2=O)c1ccc2c(c1)C(=O)OC2=O. The second kappa shape index (κ2) is 8.98. The summed E-state index contributed by atoms with van der Waals surface area (Å²) < 4.78 is 28.4. The highest BCUT2D eigenvalue weighted by molar-refractivity contribution is 6.16. The molecular weight excluding hydrogens is 444 g/mol. The first-order chi connectivity index (χ1) is 15.8. The van der Waals surface area contributed by atoms with Gasteiger partial charge < -0.3 is 28.4 Å². The van der Waals surface area contributed by atoms with Crippen LogP contribution >= 0.6 is 0 Å². The lowest BCUT2D eigenvalue weighted by molar-refractivity contribution is -0.146. The van der Waals surface area contributed by atoms with Crippen LogP contribution in [0.3, 0.4) is 0 Å². The summed E-state index contributed by atoms with van der Waals surface area (Å²) in [6, 6.07) is 7.50. The smallest absolute Gasteiger partial charge is 0.346 e. The Labute approximate surface area is 183 Å². The molecule has 0 aromatic heterocycles. The van der Waals surface area contributed by atoms with Crippen LogP contribution in [0.25, 0.3) is 0 Å². The van der Waals surface area contributed by atoms with Crippen molar-refractivity contribution in [2.45, 2.75) is 0 Å². The molecule has 12 heteroatoms. The summed E-state index contributed by atoms with van der Waals surface area (Å²) >= 11 is 0. The van der Waals surface area contributed by atoms with Crippen LogP contribution in [0.5, 0.6) is 0 Å². The zero-order chi connectivity index (χ0) is 23.5. The van der Waals surface area contributed by atoms with Gasteiger partial charge in [-0.1, -0.05) is 0 Å². The van der Waals surface area contributed by atoms with Crippen LogP contribution in [0.1, 0.15) is 62.1 Å². The van der Waals surface area contributed by atoms with Crippen LogP contribution in [0.15, 0.2) is 36.4 Å². The average molecular weight is 456 g/mol. The van der Waals surface area contributed by atoms with Crippen LogP contribution in [0.4, 0.5) is 0 Å². The fraction of sp³-hybridized carbons (Fsp3) is 0.143. The van der Waals surface area contributed by atoms with Gasteiger partial charge in [0.05, 0.1) is 33.4 Å². The van der Waals surface area contributed by atoms with Gasteiger partial charge in [0, 0.05) is 0 Å². The number of ether oxygens (including phenoxy) is 6. The first-order valence-electron chi connectivity index (χ1n) is 9.16. The number of hydrogen-bond acceptors (Lipinski definition) is 12. The van der Waals surface area contributed by atoms with Gasteiger partial charge in [0.1, 0.15) is 0 Å². The van der Waals surface area contributed by atoms with E-state index in [1.807, 2.05) is 0 Å². The second-order valence-corrected chi connectivity index (χ2v) is 6.50. The van der Waals surface area contributed by atoms with Crippen LogP contribution in [0.2, 0.25) is 0 Å². The van der Waals surface area contributed by atoms with Crippen molar-refractivity contribution in [3.05, 3.63) is 69.8 Å². The van der Waals surface area contributed by atoms with Crippen molar-refractivity contribution < 1.29 is 57.2 Å². The predicted molar refractivity (Wildman–Crippen MR) is 100.0 cm³/mol. The molecule has 0 fully saturated rings. The summed E-state index contributed by atoms with van der Waals surface area (Å²) in [6.45, 7) is -1.40. The fourth-order valence-corrected chi connectivity index (χ4v) is 2.91. The van der Waals surface area contributed by atoms with Crippen molar-refractivity contribution in [2.24, 2.45) is 0 Å². The summed E-state index contributed by atoms with van der Waals surface area (Å²) in [7, 11) is 0. The highest BCUT2D eigenvalue weighted by Gasteiger charge is 2.31. The molecule has 0 atom stereocenters. The van der Waals surface area contributed by atoms with Crippen LogP contribution in [-0.2, 0) is 28.4 Å². The molecule has 0 saturated carbocycles. The van der Waals surface area contributed by atoms with E-state index in [1.165, 1.54) is 36.4 Å². The summed E-state index contributed by atoms with van der Waals surface area (Å²) in [5.74, 6) is -4.90. The molecule has 12 nitrogen and oxygen atoms in total. The standard InChI is InChI=1S/C21H12O12/c22-16(10-1-3-12-14(5-10)20(26)32-18(12)24)30-8-28-7-29-9-31-17(23)11-2-4-13-15(6-11)21(27)33-19(13)25/h1-6H,7-9H2. The fourth-order valence-electron chi connectivity index (χ4n) is 2.91. The molecule has 33 heavy (non-hydrogen) atoms. The van der Waals surface area contributed by atoms with Crippen molar-refractivity contribution in [3.8, 4) is 0 Å². The highest BCUT2D eigenvalue weighted by Crippen LogP contribution is 2.22. The Balaban J connectivity index is 1.16. The van der Waals surface area contributed by atoms with Gasteiger partial charge in [-0.15, -0.1) is 0 Å². The lowest BCUT2D eigenvalue weighted by Crippen LogP contribution is -2.14. The molecule has 0 amide bonds. The Morgan fingerprint density at radius 1 is 0.576 bits per heavy atom. The number of cyclic esters (lactones) is 4. The minimum atomic E-state index is -0.850. The number of hydrogen-bond donors (Lipinski definition) is 0. The summed E-state index contributed by atoms with van der Waals surface area (Å²) in [6.07, 6.45) is 0. The van der Waals surface area contributed by atoms with Crippen LogP contribution in [-0.4, -0.2) is 56.2 Å². The van der Waals surface area contributed by atoms with Crippen molar-refractivity contribution in [2.75, 3.05) is 20.4 Å². The Morgan fingerprint density at radius 3 is 1.39 bits per heavy atom. The summed E-state index contributed by atoms with van der Waals surface area (Å²) in [5, 5.41) is 0. The molecule has 4 rings (SSSR count). The Kier molecular flexibility index (Phi) is 5.93. The molecule has 2 aliphatic rings. The van der Waals surface area contributed by atoms with E-state index in [2.05, 4.69) is 9.47 Å². The number of carbonyl (C=O) groups is 6. The van der Waals surface area contributed by atoms with E-state index >= 15 is 0 Å². The van der Waals surface area contributed by atoms with Gasteiger partial charge in [-0.25, -0.2) is 28.8 Å². The minimum Gasteiger partial charge on any atom is -0.435 e. The number of carbonyl (C=O) groups excluding carboxylic acids is 6. The van der Waals surface area contributed by atoms with E-state index in [0.29, 0.717) is 0 Å². The van der Waals surface area contributed by atoms with E-state index in [4.69, 9.17) is 18.9 Å². The molecule has 0 bridgehead atoms. The van der Waals surface area contributed by atoms with Crippen molar-refractivity contribution in [3.63, 3.8) is 0 Å². The van der Waals surface area contributed by atoms with Crippen LogP contribution in [0, 0.1) is 0 Å². The van der Waals surface area contributed by atoms with Gasteiger partial charge in [-0.2, -0.15) is 0 Å². The maximum Gasteiger partial charge on any atom is 0.346 e. The van der Waals surface area contributed by atoms with E-state index < -0.39 is 56.2 Å². The Morgan fingerprint density at radius 2 is 0.970 bits per heavy atom. The molecule has 2 aromatic carbocycles. The summed E-state index contributed by atoms with van der Waals surface area (Å²) in [4.78, 5) is 69.8. The molecule has 0 saturated heterocycles. The Hall–Kier alpha value is -4.42. The van der Waals surface area contributed by atoms with Gasteiger partial charge in [-0.05, 0) is 36.4 Å². The maximum absolute atomic E-state index is 12.0. The first kappa shape index (κ1) is 21.8. The quantitative estimate of drug-likeness (QED) is 0.184. The zero-order valence-corrected chi connectivity index (χ0v) is 16.5. The highest BCUT2D eigenvalue weighted by atomic mass is 16.8. The minimum absolute atomic E-state index is 0.0128. The molecule has 0 N–H and O–H groups in total. The average Bonchev–Trinajstić information content (AvgIpc) is 3.26. The third-order valence-corrected chi connectivity index (χ3v) is 4.47. The molecule has 0 radical (unpaired) electrons. The first-order valence-corrected chi connectivity index (χ1v) is 9.16. The van der Waals surface area contributed by atoms with Crippen molar-refractivity contribution in [1.29, 1.82) is 0 Å². The molecule has 168 valence electrons. The normalized spacial score (nSPS) is 13.8. The van der Waals surface area contributed by atoms with Gasteiger partial charge >= 0.3 is 35.8 Å². The van der Waals surface area contributed by atoms with Crippen molar-refractivity contribution in [1.82, 2.24) is 0 Å². The lowest BCUT2D eigenvalue weighted by Gasteiger charge is -2.08. The molecule has 2 aromatic rings. The predicted octanol–water partition coefficient (Wildman–Crippen LogP) is 1.23. The number of fused-ring (bicyclic) bond motifs is 2. The molecule has 0 aliphatic carbocycles. The van der Waals surface area contributed by atoms with Gasteiger partial charge in [0.15, 0.2) is 20.4 Å². The van der Waals surface area contributed by atoms with Crippen molar-refractivity contribution >= 4 is 35.8 Å². The maximum atomic E-state index is 12.0. The number of benzene rings is 2. The monoisotopic (exact) mass is 456 g/mol. The third-order valence-electron chi connectivity index (χ3n) is 4.47. The number of rotatable bonds is 8. The van der Waals surface area contributed by atoms with Crippen LogP contribution < -0.4 is 0 Å². The third kappa shape index (κ3) is 4.46. The van der Waals surface area contributed by atoms with E-state index in [1.54, 1.807) is 0 Å².